The highest BCUT2D eigenvalue weighted by Gasteiger charge is 2.32. The zero-order valence-corrected chi connectivity index (χ0v) is 17.5. The third-order valence-electron chi connectivity index (χ3n) is 4.61. The molecule has 0 aromatic heterocycles. The minimum absolute atomic E-state index is 0.0124. The number of ether oxygens (including phenoxy) is 1. The third-order valence-corrected chi connectivity index (χ3v) is 5.62. The number of rotatable bonds is 6. The summed E-state index contributed by atoms with van der Waals surface area (Å²) in [5.74, 6) is 0.787. The number of thioether (sulfide) groups is 1. The molecule has 0 spiro atoms. The van der Waals surface area contributed by atoms with Gasteiger partial charge in [0.25, 0.3) is 5.91 Å². The van der Waals surface area contributed by atoms with E-state index in [0.29, 0.717) is 23.2 Å². The lowest BCUT2D eigenvalue weighted by Gasteiger charge is -2.11. The van der Waals surface area contributed by atoms with Crippen molar-refractivity contribution in [1.82, 2.24) is 4.90 Å². The van der Waals surface area contributed by atoms with Crippen LogP contribution in [0, 0.1) is 0 Å². The molecular weight excluding hydrogens is 392 g/mol. The highest BCUT2D eigenvalue weighted by Crippen LogP contribution is 2.34. The molecule has 0 radical (unpaired) electrons. The summed E-state index contributed by atoms with van der Waals surface area (Å²) in [4.78, 5) is 19.8. The van der Waals surface area contributed by atoms with E-state index < -0.39 is 0 Å². The van der Waals surface area contributed by atoms with Crippen LogP contribution >= 0.6 is 11.8 Å². The standard InChI is InChI=1S/C25H22N2O2S/c1-2-27-24(28)23(30-25(27)26-21-11-7-4-8-12-21)17-19-13-15-22(16-14-19)29-18-20-9-5-3-6-10-20/h3-17H,2,18H2,1H3/b23-17+,26-25?. The largest absolute Gasteiger partial charge is 0.489 e. The molecule has 3 aromatic rings. The number of nitrogens with zero attached hydrogens (tertiary/aromatic N) is 2. The fourth-order valence-electron chi connectivity index (χ4n) is 3.04. The second kappa shape index (κ2) is 9.46. The second-order valence-corrected chi connectivity index (χ2v) is 7.74. The lowest BCUT2D eigenvalue weighted by Crippen LogP contribution is -2.28. The summed E-state index contributed by atoms with van der Waals surface area (Å²) in [5, 5.41) is 0.711. The van der Waals surface area contributed by atoms with Gasteiger partial charge in [0.15, 0.2) is 5.17 Å². The van der Waals surface area contributed by atoms with Crippen LogP contribution in [0.5, 0.6) is 5.75 Å². The third kappa shape index (κ3) is 4.81. The predicted octanol–water partition coefficient (Wildman–Crippen LogP) is 5.89. The Morgan fingerprint density at radius 3 is 2.27 bits per heavy atom. The van der Waals surface area contributed by atoms with Gasteiger partial charge in [-0.05, 0) is 60.2 Å². The van der Waals surface area contributed by atoms with Crippen molar-refractivity contribution in [2.24, 2.45) is 4.99 Å². The quantitative estimate of drug-likeness (QED) is 0.472. The van der Waals surface area contributed by atoms with Crippen LogP contribution in [0.1, 0.15) is 18.1 Å². The smallest absolute Gasteiger partial charge is 0.266 e. The molecule has 0 aliphatic carbocycles. The molecule has 0 unspecified atom stereocenters. The van der Waals surface area contributed by atoms with Crippen LogP contribution in [-0.4, -0.2) is 22.5 Å². The van der Waals surface area contributed by atoms with Crippen molar-refractivity contribution in [2.75, 3.05) is 6.54 Å². The van der Waals surface area contributed by atoms with Crippen LogP contribution < -0.4 is 4.74 Å². The highest BCUT2D eigenvalue weighted by molar-refractivity contribution is 8.18. The molecule has 1 amide bonds. The van der Waals surface area contributed by atoms with E-state index in [9.17, 15) is 4.79 Å². The molecule has 3 aromatic carbocycles. The molecule has 4 rings (SSSR count). The Morgan fingerprint density at radius 1 is 0.933 bits per heavy atom. The van der Waals surface area contributed by atoms with Crippen molar-refractivity contribution in [3.63, 3.8) is 0 Å². The summed E-state index contributed by atoms with van der Waals surface area (Å²) in [6.07, 6.45) is 1.91. The molecule has 0 bridgehead atoms. The minimum atomic E-state index is -0.0124. The van der Waals surface area contributed by atoms with E-state index in [1.807, 2.05) is 97.9 Å². The van der Waals surface area contributed by atoms with Gasteiger partial charge in [-0.1, -0.05) is 60.7 Å². The first kappa shape index (κ1) is 20.0. The molecule has 1 heterocycles. The maximum atomic E-state index is 12.8. The number of benzene rings is 3. The van der Waals surface area contributed by atoms with Crippen molar-refractivity contribution >= 4 is 34.6 Å². The normalized spacial score (nSPS) is 16.4. The summed E-state index contributed by atoms with van der Waals surface area (Å²) < 4.78 is 5.84. The molecule has 0 N–H and O–H groups in total. The zero-order chi connectivity index (χ0) is 20.8. The summed E-state index contributed by atoms with van der Waals surface area (Å²) in [7, 11) is 0. The van der Waals surface area contributed by atoms with Crippen LogP contribution in [0.15, 0.2) is 94.8 Å². The summed E-state index contributed by atoms with van der Waals surface area (Å²) >= 11 is 1.41. The molecule has 0 atom stereocenters. The minimum Gasteiger partial charge on any atom is -0.489 e. The Morgan fingerprint density at radius 2 is 1.60 bits per heavy atom. The first-order valence-corrected chi connectivity index (χ1v) is 10.7. The summed E-state index contributed by atoms with van der Waals surface area (Å²) in [6.45, 7) is 3.07. The van der Waals surface area contributed by atoms with E-state index >= 15 is 0 Å². The lowest BCUT2D eigenvalue weighted by atomic mass is 10.2. The number of para-hydroxylation sites is 1. The Kier molecular flexibility index (Phi) is 6.30. The molecule has 1 saturated heterocycles. The topological polar surface area (TPSA) is 41.9 Å². The van der Waals surface area contributed by atoms with Gasteiger partial charge in [0, 0.05) is 6.54 Å². The van der Waals surface area contributed by atoms with Crippen LogP contribution in [0.2, 0.25) is 0 Å². The fraction of sp³-hybridized carbons (Fsp3) is 0.120. The number of hydrogen-bond donors (Lipinski definition) is 0. The van der Waals surface area contributed by atoms with E-state index in [2.05, 4.69) is 4.99 Å². The predicted molar refractivity (Wildman–Crippen MR) is 124 cm³/mol. The SMILES string of the molecule is CCN1C(=O)/C(=C\c2ccc(OCc3ccccc3)cc2)SC1=Nc1ccccc1. The van der Waals surface area contributed by atoms with E-state index in [0.717, 1.165) is 22.6 Å². The van der Waals surface area contributed by atoms with Gasteiger partial charge in [0.1, 0.15) is 12.4 Å². The molecule has 150 valence electrons. The van der Waals surface area contributed by atoms with E-state index in [4.69, 9.17) is 4.74 Å². The molecule has 0 saturated carbocycles. The van der Waals surface area contributed by atoms with E-state index in [-0.39, 0.29) is 5.91 Å². The Hall–Kier alpha value is -3.31. The number of amidine groups is 1. The van der Waals surface area contributed by atoms with Crippen molar-refractivity contribution in [2.45, 2.75) is 13.5 Å². The van der Waals surface area contributed by atoms with Gasteiger partial charge in [-0.3, -0.25) is 9.69 Å². The van der Waals surface area contributed by atoms with Gasteiger partial charge in [0.2, 0.25) is 0 Å². The van der Waals surface area contributed by atoms with Crippen LogP contribution in [-0.2, 0) is 11.4 Å². The molecule has 4 nitrogen and oxygen atoms in total. The average molecular weight is 415 g/mol. The summed E-state index contributed by atoms with van der Waals surface area (Å²) in [6, 6.07) is 27.5. The lowest BCUT2D eigenvalue weighted by molar-refractivity contribution is -0.122. The Balaban J connectivity index is 1.47. The van der Waals surface area contributed by atoms with Crippen molar-refractivity contribution in [1.29, 1.82) is 0 Å². The van der Waals surface area contributed by atoms with Crippen molar-refractivity contribution in [3.8, 4) is 5.75 Å². The summed E-state index contributed by atoms with van der Waals surface area (Å²) in [5.41, 5.74) is 2.92. The number of hydrogen-bond acceptors (Lipinski definition) is 4. The van der Waals surface area contributed by atoms with Gasteiger partial charge in [0.05, 0.1) is 10.6 Å². The van der Waals surface area contributed by atoms with E-state index in [1.54, 1.807) is 4.90 Å². The maximum absolute atomic E-state index is 12.8. The Labute approximate surface area is 180 Å². The maximum Gasteiger partial charge on any atom is 0.266 e. The number of aliphatic imine (C=N–C) groups is 1. The van der Waals surface area contributed by atoms with Crippen LogP contribution in [0.4, 0.5) is 5.69 Å². The number of carbonyl (C=O) groups is 1. The van der Waals surface area contributed by atoms with E-state index in [1.165, 1.54) is 11.8 Å². The molecule has 5 heteroatoms. The molecule has 1 aliphatic heterocycles. The number of carbonyl (C=O) groups excluding carboxylic acids is 1. The fourth-order valence-corrected chi connectivity index (χ4v) is 4.10. The van der Waals surface area contributed by atoms with Gasteiger partial charge in [-0.2, -0.15) is 0 Å². The molecule has 30 heavy (non-hydrogen) atoms. The van der Waals surface area contributed by atoms with Crippen LogP contribution in [0.3, 0.4) is 0 Å². The van der Waals surface area contributed by atoms with Gasteiger partial charge in [-0.25, -0.2) is 4.99 Å². The number of amides is 1. The molecule has 1 aliphatic rings. The Bertz CT molecular complexity index is 1060. The van der Waals surface area contributed by atoms with Gasteiger partial charge in [-0.15, -0.1) is 0 Å². The average Bonchev–Trinajstić information content (AvgIpc) is 3.08. The molecular formula is C25H22N2O2S. The van der Waals surface area contributed by atoms with Crippen LogP contribution in [0.25, 0.3) is 6.08 Å². The zero-order valence-electron chi connectivity index (χ0n) is 16.7. The monoisotopic (exact) mass is 414 g/mol. The first-order valence-electron chi connectivity index (χ1n) is 9.85. The van der Waals surface area contributed by atoms with Crippen molar-refractivity contribution < 1.29 is 9.53 Å². The number of likely N-dealkylation sites (N-methyl/N-ethyl adjacent to an activating group) is 1. The van der Waals surface area contributed by atoms with Crippen molar-refractivity contribution in [3.05, 3.63) is 101 Å². The molecule has 1 fully saturated rings. The van der Waals surface area contributed by atoms with Gasteiger partial charge < -0.3 is 4.74 Å². The second-order valence-electron chi connectivity index (χ2n) is 6.73. The highest BCUT2D eigenvalue weighted by atomic mass is 32.2. The first-order chi connectivity index (χ1) is 14.7. The van der Waals surface area contributed by atoms with Gasteiger partial charge >= 0.3 is 0 Å².